The van der Waals surface area contributed by atoms with Gasteiger partial charge in [0.1, 0.15) is 10.7 Å². The van der Waals surface area contributed by atoms with E-state index in [9.17, 15) is 4.79 Å². The molecule has 0 amide bonds. The lowest BCUT2D eigenvalue weighted by atomic mass is 10.3. The number of hydrogen-bond donors (Lipinski definition) is 0. The fourth-order valence-corrected chi connectivity index (χ4v) is 3.11. The summed E-state index contributed by atoms with van der Waals surface area (Å²) in [6, 6.07) is 10.1. The van der Waals surface area contributed by atoms with E-state index in [-0.39, 0.29) is 11.7 Å². The van der Waals surface area contributed by atoms with Gasteiger partial charge in [-0.2, -0.15) is 0 Å². The van der Waals surface area contributed by atoms with E-state index in [1.165, 1.54) is 16.2 Å². The second-order valence-electron chi connectivity index (χ2n) is 3.29. The number of carbonyl (C=O) groups is 1. The molecule has 88 valence electrons. The summed E-state index contributed by atoms with van der Waals surface area (Å²) >= 11 is 8.69. The lowest BCUT2D eigenvalue weighted by Crippen LogP contribution is -2.00. The first-order valence-electron chi connectivity index (χ1n) is 5.01. The quantitative estimate of drug-likeness (QED) is 0.474. The van der Waals surface area contributed by atoms with Crippen molar-refractivity contribution in [2.75, 3.05) is 5.88 Å². The average molecular weight is 284 g/mol. The molecule has 17 heavy (non-hydrogen) atoms. The summed E-state index contributed by atoms with van der Waals surface area (Å²) in [4.78, 5) is 16.8. The van der Waals surface area contributed by atoms with Crippen molar-refractivity contribution < 1.29 is 4.79 Å². The number of ketones is 1. The highest BCUT2D eigenvalue weighted by Gasteiger charge is 2.09. The molecule has 5 heteroatoms. The van der Waals surface area contributed by atoms with E-state index in [2.05, 4.69) is 17.1 Å². The van der Waals surface area contributed by atoms with Gasteiger partial charge in [0.15, 0.2) is 5.78 Å². The topological polar surface area (TPSA) is 30.0 Å². The van der Waals surface area contributed by atoms with Crippen LogP contribution in [0.3, 0.4) is 0 Å². The van der Waals surface area contributed by atoms with E-state index >= 15 is 0 Å². The Balaban J connectivity index is 1.96. The third-order valence-electron chi connectivity index (χ3n) is 2.06. The number of aromatic nitrogens is 1. The lowest BCUT2D eigenvalue weighted by Gasteiger charge is -1.97. The molecule has 0 aliphatic carbocycles. The Labute approximate surface area is 113 Å². The molecule has 0 bridgehead atoms. The molecule has 0 spiro atoms. The first kappa shape index (κ1) is 12.6. The van der Waals surface area contributed by atoms with Crippen LogP contribution in [0.15, 0.2) is 40.6 Å². The molecule has 0 radical (unpaired) electrons. The van der Waals surface area contributed by atoms with E-state index in [4.69, 9.17) is 11.6 Å². The van der Waals surface area contributed by atoms with Gasteiger partial charge in [0.25, 0.3) is 0 Å². The standard InChI is InChI=1S/C12H10ClNOS2/c13-6-11(15)10-7-17-12(14-10)8-16-9-4-2-1-3-5-9/h1-5,7H,6,8H2. The third kappa shape index (κ3) is 3.56. The van der Waals surface area contributed by atoms with Crippen molar-refractivity contribution in [2.24, 2.45) is 0 Å². The number of rotatable bonds is 5. The Morgan fingerprint density at radius 2 is 2.12 bits per heavy atom. The fraction of sp³-hybridized carbons (Fsp3) is 0.167. The molecule has 1 aromatic carbocycles. The molecule has 2 aromatic rings. The largest absolute Gasteiger partial charge is 0.291 e. The third-order valence-corrected chi connectivity index (χ3v) is 4.36. The molecule has 0 saturated carbocycles. The number of alkyl halides is 1. The second kappa shape index (κ2) is 6.19. The van der Waals surface area contributed by atoms with Crippen LogP contribution in [-0.4, -0.2) is 16.6 Å². The smallest absolute Gasteiger partial charge is 0.196 e. The maximum absolute atomic E-state index is 11.3. The lowest BCUT2D eigenvalue weighted by molar-refractivity contribution is 0.101. The average Bonchev–Trinajstić information content (AvgIpc) is 2.85. The highest BCUT2D eigenvalue weighted by Crippen LogP contribution is 2.24. The molecule has 0 atom stereocenters. The number of halogens is 1. The van der Waals surface area contributed by atoms with Crippen LogP contribution >= 0.6 is 34.7 Å². The van der Waals surface area contributed by atoms with Gasteiger partial charge in [-0.05, 0) is 12.1 Å². The normalized spacial score (nSPS) is 10.4. The van der Waals surface area contributed by atoms with Crippen LogP contribution < -0.4 is 0 Å². The Morgan fingerprint density at radius 1 is 1.35 bits per heavy atom. The highest BCUT2D eigenvalue weighted by atomic mass is 35.5. The summed E-state index contributed by atoms with van der Waals surface area (Å²) in [5, 5.41) is 2.72. The molecule has 0 fully saturated rings. The summed E-state index contributed by atoms with van der Waals surface area (Å²) in [6.45, 7) is 0. The number of thiazole rings is 1. The van der Waals surface area contributed by atoms with Crippen LogP contribution in [-0.2, 0) is 5.75 Å². The first-order chi connectivity index (χ1) is 8.29. The van der Waals surface area contributed by atoms with Gasteiger partial charge in [-0.15, -0.1) is 34.7 Å². The van der Waals surface area contributed by atoms with Gasteiger partial charge in [-0.1, -0.05) is 18.2 Å². The summed E-state index contributed by atoms with van der Waals surface area (Å²) in [5.74, 6) is 0.665. The summed E-state index contributed by atoms with van der Waals surface area (Å²) in [7, 11) is 0. The molecule has 0 aliphatic heterocycles. The zero-order chi connectivity index (χ0) is 12.1. The van der Waals surface area contributed by atoms with Crippen LogP contribution in [0.4, 0.5) is 0 Å². The first-order valence-corrected chi connectivity index (χ1v) is 7.41. The maximum Gasteiger partial charge on any atom is 0.196 e. The van der Waals surface area contributed by atoms with Gasteiger partial charge in [-0.3, -0.25) is 4.79 Å². The molecule has 1 aromatic heterocycles. The number of hydrogen-bond acceptors (Lipinski definition) is 4. The molecule has 0 aliphatic rings. The van der Waals surface area contributed by atoms with E-state index in [0.29, 0.717) is 5.69 Å². The fourth-order valence-electron chi connectivity index (χ4n) is 1.24. The monoisotopic (exact) mass is 283 g/mol. The van der Waals surface area contributed by atoms with Crippen molar-refractivity contribution >= 4 is 40.5 Å². The maximum atomic E-state index is 11.3. The van der Waals surface area contributed by atoms with E-state index in [0.717, 1.165) is 10.8 Å². The van der Waals surface area contributed by atoms with Crippen molar-refractivity contribution in [2.45, 2.75) is 10.6 Å². The molecular weight excluding hydrogens is 274 g/mol. The summed E-state index contributed by atoms with van der Waals surface area (Å²) < 4.78 is 0. The van der Waals surface area contributed by atoms with Crippen LogP contribution in [0.2, 0.25) is 0 Å². The Hall–Kier alpha value is -0.840. The van der Waals surface area contributed by atoms with Gasteiger partial charge >= 0.3 is 0 Å². The van der Waals surface area contributed by atoms with Crippen molar-refractivity contribution in [1.29, 1.82) is 0 Å². The second-order valence-corrected chi connectivity index (χ2v) is 5.54. The van der Waals surface area contributed by atoms with Crippen molar-refractivity contribution in [1.82, 2.24) is 4.98 Å². The zero-order valence-electron chi connectivity index (χ0n) is 8.93. The molecule has 0 saturated heterocycles. The van der Waals surface area contributed by atoms with Gasteiger partial charge < -0.3 is 0 Å². The molecule has 2 rings (SSSR count). The Bertz CT molecular complexity index is 498. The Morgan fingerprint density at radius 3 is 2.82 bits per heavy atom. The molecule has 0 unspecified atom stereocenters. The highest BCUT2D eigenvalue weighted by molar-refractivity contribution is 7.98. The predicted molar refractivity (Wildman–Crippen MR) is 73.2 cm³/mol. The van der Waals surface area contributed by atoms with Crippen LogP contribution in [0.5, 0.6) is 0 Å². The minimum Gasteiger partial charge on any atom is -0.291 e. The number of thioether (sulfide) groups is 1. The number of Topliss-reactive ketones (excluding diaryl/α,β-unsaturated/α-hetero) is 1. The SMILES string of the molecule is O=C(CCl)c1csc(CSc2ccccc2)n1. The van der Waals surface area contributed by atoms with Crippen molar-refractivity contribution in [3.05, 3.63) is 46.4 Å². The van der Waals surface area contributed by atoms with Crippen LogP contribution in [0.25, 0.3) is 0 Å². The molecule has 2 nitrogen and oxygen atoms in total. The number of carbonyl (C=O) groups excluding carboxylic acids is 1. The van der Waals surface area contributed by atoms with E-state index in [1.54, 1.807) is 17.1 Å². The van der Waals surface area contributed by atoms with E-state index in [1.807, 2.05) is 18.2 Å². The Kier molecular flexibility index (Phi) is 4.59. The van der Waals surface area contributed by atoms with Crippen molar-refractivity contribution in [3.63, 3.8) is 0 Å². The van der Waals surface area contributed by atoms with Gasteiger partial charge in [0.05, 0.1) is 11.6 Å². The molecular formula is C12H10ClNOS2. The van der Waals surface area contributed by atoms with Crippen molar-refractivity contribution in [3.8, 4) is 0 Å². The minimum atomic E-state index is -0.112. The van der Waals surface area contributed by atoms with Gasteiger partial charge in [-0.25, -0.2) is 4.98 Å². The van der Waals surface area contributed by atoms with Gasteiger partial charge in [0, 0.05) is 10.3 Å². The van der Waals surface area contributed by atoms with Crippen LogP contribution in [0.1, 0.15) is 15.5 Å². The van der Waals surface area contributed by atoms with Crippen LogP contribution in [0, 0.1) is 0 Å². The van der Waals surface area contributed by atoms with Gasteiger partial charge in [0.2, 0.25) is 0 Å². The zero-order valence-corrected chi connectivity index (χ0v) is 11.3. The number of nitrogens with zero attached hydrogens (tertiary/aromatic N) is 1. The number of benzene rings is 1. The minimum absolute atomic E-state index is 0.00496. The molecule has 1 heterocycles. The summed E-state index contributed by atoms with van der Waals surface area (Å²) in [6.07, 6.45) is 0. The summed E-state index contributed by atoms with van der Waals surface area (Å²) in [5.41, 5.74) is 0.480. The van der Waals surface area contributed by atoms with E-state index < -0.39 is 0 Å². The molecule has 0 N–H and O–H groups in total. The predicted octanol–water partition coefficient (Wildman–Crippen LogP) is 3.86.